The molecule has 1 aromatic carbocycles. The second-order valence-electron chi connectivity index (χ2n) is 5.25. The third-order valence-electron chi connectivity index (χ3n) is 4.04. The quantitative estimate of drug-likeness (QED) is 0.464. The average molecular weight is 268 g/mol. The molecule has 1 aliphatic rings. The summed E-state index contributed by atoms with van der Waals surface area (Å²) in [5.41, 5.74) is 2.42. The minimum atomic E-state index is -0.413. The summed E-state index contributed by atoms with van der Waals surface area (Å²) in [6, 6.07) is 5.55. The van der Waals surface area contributed by atoms with Gasteiger partial charge in [-0.3, -0.25) is 0 Å². The molecule has 2 aromatic heterocycles. The Labute approximate surface area is 113 Å². The van der Waals surface area contributed by atoms with Gasteiger partial charge in [0.2, 0.25) is 0 Å². The third kappa shape index (κ3) is 1.36. The number of benzene rings is 1. The molecule has 4 heteroatoms. The minimum Gasteiger partial charge on any atom is -0.422 e. The summed E-state index contributed by atoms with van der Waals surface area (Å²) in [4.78, 5) is 24.4. The molecule has 3 aromatic rings. The van der Waals surface area contributed by atoms with E-state index >= 15 is 0 Å². The van der Waals surface area contributed by atoms with Crippen LogP contribution in [0.15, 0.2) is 36.6 Å². The van der Waals surface area contributed by atoms with Crippen molar-refractivity contribution in [2.24, 2.45) is 0 Å². The van der Waals surface area contributed by atoms with Gasteiger partial charge in [0.1, 0.15) is 11.0 Å². The van der Waals surface area contributed by atoms with Gasteiger partial charge >= 0.3 is 11.3 Å². The Morgan fingerprint density at radius 1 is 0.950 bits per heavy atom. The molecule has 0 amide bonds. The van der Waals surface area contributed by atoms with Crippen molar-refractivity contribution in [3.63, 3.8) is 0 Å². The summed E-state index contributed by atoms with van der Waals surface area (Å²) in [5, 5.41) is 1.13. The van der Waals surface area contributed by atoms with Gasteiger partial charge in [-0.2, -0.15) is 0 Å². The first-order valence-corrected chi connectivity index (χ1v) is 6.68. The van der Waals surface area contributed by atoms with E-state index in [2.05, 4.69) is 0 Å². The monoisotopic (exact) mass is 268 g/mol. The molecule has 0 fully saturated rings. The molecule has 0 atom stereocenters. The lowest BCUT2D eigenvalue weighted by molar-refractivity contribution is 0.536. The van der Waals surface area contributed by atoms with Crippen LogP contribution < -0.4 is 11.3 Å². The smallest absolute Gasteiger partial charge is 0.347 e. The SMILES string of the molecule is Cc1cccc2c1oc(=O)c1c3c(c(=O)oc12)CCC3. The van der Waals surface area contributed by atoms with Crippen LogP contribution >= 0.6 is 0 Å². The number of fused-ring (bicyclic) bond motifs is 5. The van der Waals surface area contributed by atoms with E-state index in [1.54, 1.807) is 0 Å². The van der Waals surface area contributed by atoms with Crippen LogP contribution in [0.1, 0.15) is 23.1 Å². The molecule has 0 N–H and O–H groups in total. The molecule has 0 saturated heterocycles. The van der Waals surface area contributed by atoms with E-state index in [4.69, 9.17) is 8.83 Å². The first-order chi connectivity index (χ1) is 9.66. The zero-order valence-electron chi connectivity index (χ0n) is 11.0. The molecule has 20 heavy (non-hydrogen) atoms. The highest BCUT2D eigenvalue weighted by atomic mass is 16.4. The fourth-order valence-corrected chi connectivity index (χ4v) is 3.10. The van der Waals surface area contributed by atoms with Crippen LogP contribution in [0.5, 0.6) is 0 Å². The van der Waals surface area contributed by atoms with E-state index < -0.39 is 5.63 Å². The summed E-state index contributed by atoms with van der Waals surface area (Å²) in [6.45, 7) is 1.86. The Bertz CT molecular complexity index is 976. The lowest BCUT2D eigenvalue weighted by Crippen LogP contribution is -2.12. The standard InChI is InChI=1S/C16H12O4/c1-8-4-2-7-11-13(8)19-16(18)12-9-5-3-6-10(9)15(17)20-14(11)12/h2,4,7H,3,5-6H2,1H3. The Balaban J connectivity index is 2.36. The summed E-state index contributed by atoms with van der Waals surface area (Å²) >= 11 is 0. The third-order valence-corrected chi connectivity index (χ3v) is 4.04. The van der Waals surface area contributed by atoms with Crippen molar-refractivity contribution in [1.29, 1.82) is 0 Å². The predicted molar refractivity (Wildman–Crippen MR) is 75.3 cm³/mol. The van der Waals surface area contributed by atoms with Gasteiger partial charge < -0.3 is 8.83 Å². The molecule has 0 bridgehead atoms. The number of rotatable bonds is 0. The molecular formula is C16H12O4. The van der Waals surface area contributed by atoms with Crippen LogP contribution in [0.3, 0.4) is 0 Å². The largest absolute Gasteiger partial charge is 0.422 e. The van der Waals surface area contributed by atoms with Gasteiger partial charge in [0, 0.05) is 5.56 Å². The Hall–Kier alpha value is -2.36. The molecular weight excluding hydrogens is 256 g/mol. The van der Waals surface area contributed by atoms with Crippen LogP contribution in [-0.4, -0.2) is 0 Å². The molecule has 4 nitrogen and oxygen atoms in total. The van der Waals surface area contributed by atoms with Crippen molar-refractivity contribution in [3.8, 4) is 0 Å². The maximum atomic E-state index is 12.3. The first kappa shape index (κ1) is 11.5. The molecule has 0 spiro atoms. The molecule has 0 aliphatic heterocycles. The van der Waals surface area contributed by atoms with Gasteiger partial charge in [-0.15, -0.1) is 0 Å². The summed E-state index contributed by atoms with van der Waals surface area (Å²) in [5.74, 6) is 0. The zero-order chi connectivity index (χ0) is 13.9. The molecule has 100 valence electrons. The maximum absolute atomic E-state index is 12.3. The van der Waals surface area contributed by atoms with Gasteiger partial charge in [0.15, 0.2) is 5.58 Å². The topological polar surface area (TPSA) is 60.4 Å². The van der Waals surface area contributed by atoms with Gasteiger partial charge in [0.05, 0.1) is 5.39 Å². The molecule has 0 radical (unpaired) electrons. The van der Waals surface area contributed by atoms with E-state index in [0.29, 0.717) is 33.9 Å². The second-order valence-corrected chi connectivity index (χ2v) is 5.25. The van der Waals surface area contributed by atoms with E-state index in [9.17, 15) is 9.59 Å². The fraction of sp³-hybridized carbons (Fsp3) is 0.250. The van der Waals surface area contributed by atoms with E-state index in [-0.39, 0.29) is 5.63 Å². The number of aryl methyl sites for hydroxylation is 2. The number of hydrogen-bond acceptors (Lipinski definition) is 4. The van der Waals surface area contributed by atoms with E-state index in [1.165, 1.54) is 0 Å². The van der Waals surface area contributed by atoms with Crippen molar-refractivity contribution in [3.05, 3.63) is 55.7 Å². The van der Waals surface area contributed by atoms with Gasteiger partial charge in [0.25, 0.3) is 0 Å². The van der Waals surface area contributed by atoms with Gasteiger partial charge in [-0.1, -0.05) is 12.1 Å². The van der Waals surface area contributed by atoms with Crippen molar-refractivity contribution in [1.82, 2.24) is 0 Å². The first-order valence-electron chi connectivity index (χ1n) is 6.68. The van der Waals surface area contributed by atoms with Crippen molar-refractivity contribution in [2.75, 3.05) is 0 Å². The summed E-state index contributed by atoms with van der Waals surface area (Å²) < 4.78 is 10.9. The van der Waals surface area contributed by atoms with Crippen molar-refractivity contribution < 1.29 is 8.83 Å². The van der Waals surface area contributed by atoms with Gasteiger partial charge in [-0.05, 0) is 43.4 Å². The molecule has 1 aliphatic carbocycles. The summed E-state index contributed by atoms with van der Waals surface area (Å²) in [7, 11) is 0. The lowest BCUT2D eigenvalue weighted by atomic mass is 10.1. The van der Waals surface area contributed by atoms with E-state index in [1.807, 2.05) is 25.1 Å². The average Bonchev–Trinajstić information content (AvgIpc) is 2.90. The van der Waals surface area contributed by atoms with Crippen molar-refractivity contribution >= 4 is 21.9 Å². The van der Waals surface area contributed by atoms with Crippen LogP contribution in [0, 0.1) is 6.92 Å². The number of para-hydroxylation sites is 1. The van der Waals surface area contributed by atoms with Crippen LogP contribution in [0.2, 0.25) is 0 Å². The molecule has 0 unspecified atom stereocenters. The highest BCUT2D eigenvalue weighted by molar-refractivity contribution is 6.02. The van der Waals surface area contributed by atoms with Crippen LogP contribution in [0.25, 0.3) is 21.9 Å². The minimum absolute atomic E-state index is 0.321. The highest BCUT2D eigenvalue weighted by Crippen LogP contribution is 2.30. The number of hydrogen-bond donors (Lipinski definition) is 0. The normalized spacial score (nSPS) is 14.1. The zero-order valence-corrected chi connectivity index (χ0v) is 11.0. The summed E-state index contributed by atoms with van der Waals surface area (Å²) in [6.07, 6.45) is 2.29. The van der Waals surface area contributed by atoms with Gasteiger partial charge in [-0.25, -0.2) is 9.59 Å². The van der Waals surface area contributed by atoms with Crippen molar-refractivity contribution in [2.45, 2.75) is 26.2 Å². The Kier molecular flexibility index (Phi) is 2.19. The Morgan fingerprint density at radius 3 is 2.55 bits per heavy atom. The van der Waals surface area contributed by atoms with Crippen LogP contribution in [-0.2, 0) is 12.8 Å². The molecule has 0 saturated carbocycles. The second kappa shape index (κ2) is 3.82. The molecule has 2 heterocycles. The molecule has 4 rings (SSSR count). The Morgan fingerprint density at radius 2 is 1.70 bits per heavy atom. The lowest BCUT2D eigenvalue weighted by Gasteiger charge is -2.06. The fourth-order valence-electron chi connectivity index (χ4n) is 3.10. The maximum Gasteiger partial charge on any atom is 0.347 e. The van der Waals surface area contributed by atoms with Crippen LogP contribution in [0.4, 0.5) is 0 Å². The highest BCUT2D eigenvalue weighted by Gasteiger charge is 2.23. The van der Waals surface area contributed by atoms with E-state index in [0.717, 1.165) is 24.0 Å². The predicted octanol–water partition coefficient (Wildman–Crippen LogP) is 2.70.